The lowest BCUT2D eigenvalue weighted by atomic mass is 10.0. The Hall–Kier alpha value is -4.08. The number of ether oxygens (including phenoxy) is 1. The fourth-order valence-corrected chi connectivity index (χ4v) is 3.48. The van der Waals surface area contributed by atoms with E-state index in [1.807, 2.05) is 32.2 Å². The number of nitrogens with zero attached hydrogens (tertiary/aromatic N) is 3. The summed E-state index contributed by atoms with van der Waals surface area (Å²) in [5.74, 6) is 0.113. The van der Waals surface area contributed by atoms with Crippen LogP contribution in [0.4, 0.5) is 29.3 Å². The lowest BCUT2D eigenvalue weighted by Gasteiger charge is -2.14. The van der Waals surface area contributed by atoms with E-state index in [0.29, 0.717) is 5.69 Å². The minimum atomic E-state index is -4.54. The molecule has 0 unspecified atom stereocenters. The Morgan fingerprint density at radius 1 is 1.06 bits per heavy atom. The number of anilines is 2. The Morgan fingerprint density at radius 3 is 2.45 bits per heavy atom. The molecule has 2 aromatic heterocycles. The second kappa shape index (κ2) is 8.45. The van der Waals surface area contributed by atoms with Crippen molar-refractivity contribution in [1.82, 2.24) is 14.8 Å². The molecule has 10 heteroatoms. The first-order valence-corrected chi connectivity index (χ1v) is 9.89. The summed E-state index contributed by atoms with van der Waals surface area (Å²) in [5, 5.41) is 10.2. The first kappa shape index (κ1) is 22.1. The third-order valence-corrected chi connectivity index (χ3v) is 5.06. The van der Waals surface area contributed by atoms with Crippen LogP contribution >= 0.6 is 0 Å². The predicted octanol–water partition coefficient (Wildman–Crippen LogP) is 5.62. The van der Waals surface area contributed by atoms with Crippen molar-refractivity contribution in [2.45, 2.75) is 13.1 Å². The van der Waals surface area contributed by atoms with Crippen molar-refractivity contribution in [3.8, 4) is 16.9 Å². The van der Waals surface area contributed by atoms with Gasteiger partial charge in [0, 0.05) is 23.8 Å². The number of alkyl halides is 3. The summed E-state index contributed by atoms with van der Waals surface area (Å²) >= 11 is 0. The number of aryl methyl sites for hydroxylation is 2. The minimum Gasteiger partial charge on any atom is -0.495 e. The average molecular weight is 455 g/mol. The van der Waals surface area contributed by atoms with Crippen molar-refractivity contribution in [1.29, 1.82) is 0 Å². The number of carbonyl (C=O) groups is 1. The van der Waals surface area contributed by atoms with Gasteiger partial charge in [-0.25, -0.2) is 9.78 Å². The molecule has 2 N–H and O–H groups in total. The molecule has 0 aliphatic heterocycles. The van der Waals surface area contributed by atoms with Crippen LogP contribution in [0.2, 0.25) is 0 Å². The molecule has 4 aromatic rings. The van der Waals surface area contributed by atoms with Gasteiger partial charge >= 0.3 is 12.2 Å². The number of rotatable bonds is 4. The Labute approximate surface area is 187 Å². The smallest absolute Gasteiger partial charge is 0.416 e. The van der Waals surface area contributed by atoms with Crippen LogP contribution in [0.25, 0.3) is 22.2 Å². The molecule has 0 atom stereocenters. The molecular weight excluding hydrogens is 435 g/mol. The standard InChI is InChI=1S/C23H20F3N5O2/c1-13-10-17(18-12-27-31(2)21(18)28-13)14-4-7-16(8-5-14)29-22(32)30-19-11-15(23(24,25)26)6-9-20(19)33-3/h4-12H,1-3H3,(H2,29,30,32). The molecule has 2 heterocycles. The van der Waals surface area contributed by atoms with Gasteiger partial charge in [0.15, 0.2) is 5.65 Å². The molecule has 33 heavy (non-hydrogen) atoms. The highest BCUT2D eigenvalue weighted by Gasteiger charge is 2.31. The van der Waals surface area contributed by atoms with E-state index in [4.69, 9.17) is 4.74 Å². The molecule has 2 amide bonds. The Kier molecular flexibility index (Phi) is 5.67. The number of hydrogen-bond acceptors (Lipinski definition) is 4. The predicted molar refractivity (Wildman–Crippen MR) is 119 cm³/mol. The van der Waals surface area contributed by atoms with Gasteiger partial charge in [-0.05, 0) is 54.4 Å². The highest BCUT2D eigenvalue weighted by Crippen LogP contribution is 2.35. The van der Waals surface area contributed by atoms with Crippen LogP contribution in [0.3, 0.4) is 0 Å². The number of carbonyl (C=O) groups excluding carboxylic acids is 1. The average Bonchev–Trinajstić information content (AvgIpc) is 3.13. The van der Waals surface area contributed by atoms with Gasteiger partial charge in [0.2, 0.25) is 0 Å². The molecule has 170 valence electrons. The summed E-state index contributed by atoms with van der Waals surface area (Å²) in [7, 11) is 3.13. The van der Waals surface area contributed by atoms with Gasteiger partial charge in [-0.2, -0.15) is 18.3 Å². The first-order chi connectivity index (χ1) is 15.7. The van der Waals surface area contributed by atoms with Crippen LogP contribution in [0.15, 0.2) is 54.7 Å². The lowest BCUT2D eigenvalue weighted by molar-refractivity contribution is -0.137. The zero-order valence-electron chi connectivity index (χ0n) is 18.0. The van der Waals surface area contributed by atoms with E-state index in [9.17, 15) is 18.0 Å². The summed E-state index contributed by atoms with van der Waals surface area (Å²) in [6.45, 7) is 1.90. The summed E-state index contributed by atoms with van der Waals surface area (Å²) in [5.41, 5.74) is 2.96. The van der Waals surface area contributed by atoms with Crippen molar-refractivity contribution in [3.05, 3.63) is 66.0 Å². The summed E-state index contributed by atoms with van der Waals surface area (Å²) in [6, 6.07) is 11.2. The molecule has 0 spiro atoms. The number of benzene rings is 2. The summed E-state index contributed by atoms with van der Waals surface area (Å²) < 4.78 is 45.8. The molecule has 0 bridgehead atoms. The fourth-order valence-electron chi connectivity index (χ4n) is 3.48. The van der Waals surface area contributed by atoms with Crippen molar-refractivity contribution in [2.24, 2.45) is 7.05 Å². The molecule has 0 saturated heterocycles. The molecule has 0 aliphatic rings. The van der Waals surface area contributed by atoms with Crippen LogP contribution in [-0.2, 0) is 13.2 Å². The number of pyridine rings is 1. The number of nitrogens with one attached hydrogen (secondary N) is 2. The largest absolute Gasteiger partial charge is 0.495 e. The number of aromatic nitrogens is 3. The van der Waals surface area contributed by atoms with Gasteiger partial charge in [0.25, 0.3) is 0 Å². The minimum absolute atomic E-state index is 0.0901. The zero-order valence-corrected chi connectivity index (χ0v) is 18.0. The highest BCUT2D eigenvalue weighted by molar-refractivity contribution is 6.01. The van der Waals surface area contributed by atoms with E-state index >= 15 is 0 Å². The molecule has 0 fully saturated rings. The number of halogens is 3. The number of hydrogen-bond donors (Lipinski definition) is 2. The normalized spacial score (nSPS) is 11.5. The lowest BCUT2D eigenvalue weighted by Crippen LogP contribution is -2.20. The monoisotopic (exact) mass is 455 g/mol. The van der Waals surface area contributed by atoms with Crippen LogP contribution in [-0.4, -0.2) is 27.9 Å². The van der Waals surface area contributed by atoms with E-state index in [0.717, 1.165) is 46.1 Å². The second-order valence-electron chi connectivity index (χ2n) is 7.39. The van der Waals surface area contributed by atoms with Gasteiger partial charge in [0.05, 0.1) is 24.6 Å². The van der Waals surface area contributed by atoms with E-state index in [2.05, 4.69) is 20.7 Å². The van der Waals surface area contributed by atoms with Gasteiger partial charge < -0.3 is 15.4 Å². The van der Waals surface area contributed by atoms with Crippen LogP contribution in [0.5, 0.6) is 5.75 Å². The topological polar surface area (TPSA) is 81.1 Å². The molecule has 0 radical (unpaired) electrons. The number of fused-ring (bicyclic) bond motifs is 1. The van der Waals surface area contributed by atoms with E-state index in [-0.39, 0.29) is 11.4 Å². The molecule has 0 aliphatic carbocycles. The van der Waals surface area contributed by atoms with E-state index < -0.39 is 17.8 Å². The van der Waals surface area contributed by atoms with E-state index in [1.165, 1.54) is 7.11 Å². The van der Waals surface area contributed by atoms with Crippen molar-refractivity contribution in [2.75, 3.05) is 17.7 Å². The Bertz CT molecular complexity index is 1330. The highest BCUT2D eigenvalue weighted by atomic mass is 19.4. The van der Waals surface area contributed by atoms with Crippen LogP contribution in [0.1, 0.15) is 11.3 Å². The fraction of sp³-hybridized carbons (Fsp3) is 0.174. The molecule has 7 nitrogen and oxygen atoms in total. The summed E-state index contributed by atoms with van der Waals surface area (Å²) in [6.07, 6.45) is -2.79. The quantitative estimate of drug-likeness (QED) is 0.419. The Balaban J connectivity index is 1.53. The van der Waals surface area contributed by atoms with Gasteiger partial charge in [-0.15, -0.1) is 0 Å². The SMILES string of the molecule is COc1ccc(C(F)(F)F)cc1NC(=O)Nc1ccc(-c2cc(C)nc3c2cnn3C)cc1. The van der Waals surface area contributed by atoms with Crippen molar-refractivity contribution in [3.63, 3.8) is 0 Å². The molecule has 2 aromatic carbocycles. The van der Waals surface area contributed by atoms with Gasteiger partial charge in [-0.1, -0.05) is 12.1 Å². The summed E-state index contributed by atoms with van der Waals surface area (Å²) in [4.78, 5) is 16.9. The van der Waals surface area contributed by atoms with Gasteiger partial charge in [-0.3, -0.25) is 4.68 Å². The second-order valence-corrected chi connectivity index (χ2v) is 7.39. The van der Waals surface area contributed by atoms with Gasteiger partial charge in [0.1, 0.15) is 5.75 Å². The third kappa shape index (κ3) is 4.59. The van der Waals surface area contributed by atoms with Crippen LogP contribution < -0.4 is 15.4 Å². The Morgan fingerprint density at radius 2 is 1.79 bits per heavy atom. The molecule has 4 rings (SSSR count). The number of methoxy groups -OCH3 is 1. The third-order valence-electron chi connectivity index (χ3n) is 5.06. The number of amides is 2. The maximum atomic E-state index is 13.0. The van der Waals surface area contributed by atoms with Crippen molar-refractivity contribution < 1.29 is 22.7 Å². The molecular formula is C23H20F3N5O2. The number of urea groups is 1. The zero-order chi connectivity index (χ0) is 23.8. The van der Waals surface area contributed by atoms with Crippen LogP contribution in [0, 0.1) is 6.92 Å². The molecule has 0 saturated carbocycles. The maximum Gasteiger partial charge on any atom is 0.416 e. The van der Waals surface area contributed by atoms with E-state index in [1.54, 1.807) is 23.0 Å². The van der Waals surface area contributed by atoms with Crippen molar-refractivity contribution >= 4 is 28.4 Å². The first-order valence-electron chi connectivity index (χ1n) is 9.89. The maximum absolute atomic E-state index is 13.0.